The molecule has 3 heterocycles. The Kier molecular flexibility index (Phi) is 2.83. The Bertz CT molecular complexity index is 372. The zero-order chi connectivity index (χ0) is 12.8. The van der Waals surface area contributed by atoms with E-state index in [0.717, 1.165) is 25.7 Å². The number of rotatable bonds is 2. The predicted molar refractivity (Wildman–Crippen MR) is 63.8 cm³/mol. The Hall–Kier alpha value is -1.07. The van der Waals surface area contributed by atoms with E-state index in [1.165, 1.54) is 11.0 Å². The van der Waals surface area contributed by atoms with Crippen molar-refractivity contribution >= 4 is 6.09 Å². The average molecular weight is 253 g/mol. The topological polar surface area (TPSA) is 59.0 Å². The first-order valence-electron chi connectivity index (χ1n) is 6.56. The fourth-order valence-corrected chi connectivity index (χ4v) is 3.63. The van der Waals surface area contributed by atoms with E-state index in [0.29, 0.717) is 6.54 Å². The summed E-state index contributed by atoms with van der Waals surface area (Å²) in [5.74, 6) is 0.0429. The van der Waals surface area contributed by atoms with Gasteiger partial charge in [0.25, 0.3) is 0 Å². The molecule has 100 valence electrons. The summed E-state index contributed by atoms with van der Waals surface area (Å²) in [7, 11) is 0. The SMILES string of the molecule is C=CCOC(=O)N1CC[C@@]23CC[C@@H](C[C@@H]2[C@H]1O)O3. The minimum Gasteiger partial charge on any atom is -0.445 e. The number of carbonyl (C=O) groups is 1. The third kappa shape index (κ3) is 1.65. The highest BCUT2D eigenvalue weighted by atomic mass is 16.6. The fourth-order valence-electron chi connectivity index (χ4n) is 3.63. The number of aliphatic hydroxyl groups excluding tert-OH is 1. The van der Waals surface area contributed by atoms with Crippen molar-refractivity contribution < 1.29 is 19.4 Å². The van der Waals surface area contributed by atoms with Crippen LogP contribution >= 0.6 is 0 Å². The molecule has 5 nitrogen and oxygen atoms in total. The minimum atomic E-state index is -0.777. The van der Waals surface area contributed by atoms with Crippen molar-refractivity contribution in [2.45, 2.75) is 43.6 Å². The second-order valence-corrected chi connectivity index (χ2v) is 5.41. The maximum absolute atomic E-state index is 11.8. The lowest BCUT2D eigenvalue weighted by Crippen LogP contribution is -2.57. The zero-order valence-electron chi connectivity index (χ0n) is 10.4. The number of hydrogen-bond acceptors (Lipinski definition) is 4. The standard InChI is InChI=1S/C13H19NO4/c1-2-7-17-12(16)14-6-5-13-4-3-9(18-13)8-10(13)11(14)15/h2,9-11,15H,1,3-8H2/t9-,10+,11+,13-/m0/s1. The van der Waals surface area contributed by atoms with Gasteiger partial charge in [0, 0.05) is 12.5 Å². The lowest BCUT2D eigenvalue weighted by atomic mass is 9.73. The molecule has 2 bridgehead atoms. The van der Waals surface area contributed by atoms with E-state index < -0.39 is 12.3 Å². The predicted octanol–water partition coefficient (Wildman–Crippen LogP) is 1.27. The van der Waals surface area contributed by atoms with Crippen LogP contribution in [0, 0.1) is 5.92 Å². The number of hydrogen-bond donors (Lipinski definition) is 1. The lowest BCUT2D eigenvalue weighted by molar-refractivity contribution is -0.131. The van der Waals surface area contributed by atoms with Crippen LogP contribution < -0.4 is 0 Å². The number of nitrogens with zero attached hydrogens (tertiary/aromatic N) is 1. The number of likely N-dealkylation sites (tertiary alicyclic amines) is 1. The van der Waals surface area contributed by atoms with Gasteiger partial charge in [0.15, 0.2) is 0 Å². The largest absolute Gasteiger partial charge is 0.445 e. The van der Waals surface area contributed by atoms with Crippen LogP contribution in [0.25, 0.3) is 0 Å². The molecule has 0 aromatic carbocycles. The van der Waals surface area contributed by atoms with Crippen LogP contribution in [0.3, 0.4) is 0 Å². The van der Waals surface area contributed by atoms with Crippen molar-refractivity contribution in [2.75, 3.05) is 13.2 Å². The quantitative estimate of drug-likeness (QED) is 0.753. The third-order valence-electron chi connectivity index (χ3n) is 4.50. The highest BCUT2D eigenvalue weighted by Crippen LogP contribution is 2.53. The van der Waals surface area contributed by atoms with Gasteiger partial charge < -0.3 is 14.6 Å². The Labute approximate surface area is 106 Å². The molecule has 3 saturated heterocycles. The first-order chi connectivity index (χ1) is 8.66. The normalized spacial score (nSPS) is 41.6. The molecule has 1 N–H and O–H groups in total. The first-order valence-corrected chi connectivity index (χ1v) is 6.56. The van der Waals surface area contributed by atoms with Crippen molar-refractivity contribution in [3.8, 4) is 0 Å². The highest BCUT2D eigenvalue weighted by Gasteiger charge is 2.59. The van der Waals surface area contributed by atoms with Gasteiger partial charge >= 0.3 is 6.09 Å². The van der Waals surface area contributed by atoms with Crippen molar-refractivity contribution in [3.05, 3.63) is 12.7 Å². The van der Waals surface area contributed by atoms with Crippen LogP contribution in [-0.2, 0) is 9.47 Å². The lowest BCUT2D eigenvalue weighted by Gasteiger charge is -2.45. The molecule has 0 radical (unpaired) electrons. The van der Waals surface area contributed by atoms with Crippen LogP contribution in [0.15, 0.2) is 12.7 Å². The van der Waals surface area contributed by atoms with Crippen molar-refractivity contribution in [1.82, 2.24) is 4.90 Å². The number of fused-ring (bicyclic) bond motifs is 1. The Balaban J connectivity index is 1.70. The fraction of sp³-hybridized carbons (Fsp3) is 0.769. The van der Waals surface area contributed by atoms with Crippen LogP contribution in [-0.4, -0.2) is 47.2 Å². The average Bonchev–Trinajstić information content (AvgIpc) is 2.93. The zero-order valence-corrected chi connectivity index (χ0v) is 10.4. The van der Waals surface area contributed by atoms with E-state index in [4.69, 9.17) is 9.47 Å². The summed E-state index contributed by atoms with van der Waals surface area (Å²) in [5, 5.41) is 10.3. The molecule has 0 aromatic heterocycles. The van der Waals surface area contributed by atoms with E-state index in [1.54, 1.807) is 0 Å². The van der Waals surface area contributed by atoms with E-state index in [9.17, 15) is 9.90 Å². The van der Waals surface area contributed by atoms with Gasteiger partial charge in [0.2, 0.25) is 0 Å². The summed E-state index contributed by atoms with van der Waals surface area (Å²) in [6, 6.07) is 0. The molecule has 3 aliphatic rings. The molecule has 5 heteroatoms. The molecule has 3 aliphatic heterocycles. The van der Waals surface area contributed by atoms with Gasteiger partial charge in [-0.25, -0.2) is 4.79 Å². The van der Waals surface area contributed by atoms with Crippen molar-refractivity contribution in [2.24, 2.45) is 5.92 Å². The summed E-state index contributed by atoms with van der Waals surface area (Å²) in [5.41, 5.74) is -0.181. The van der Waals surface area contributed by atoms with Crippen LogP contribution in [0.1, 0.15) is 25.7 Å². The molecule has 3 rings (SSSR count). The second kappa shape index (κ2) is 4.24. The molecule has 0 aromatic rings. The number of amides is 1. The van der Waals surface area contributed by atoms with E-state index in [1.807, 2.05) is 0 Å². The van der Waals surface area contributed by atoms with Gasteiger partial charge in [0.05, 0.1) is 11.7 Å². The molecule has 0 unspecified atom stereocenters. The molecule has 0 saturated carbocycles. The van der Waals surface area contributed by atoms with Gasteiger partial charge in [-0.2, -0.15) is 0 Å². The van der Waals surface area contributed by atoms with Crippen LogP contribution in [0.5, 0.6) is 0 Å². The minimum absolute atomic E-state index is 0.0429. The van der Waals surface area contributed by atoms with Gasteiger partial charge in [-0.15, -0.1) is 0 Å². The molecular formula is C13H19NO4. The Morgan fingerprint density at radius 3 is 3.17 bits per heavy atom. The maximum atomic E-state index is 11.8. The molecule has 4 atom stereocenters. The summed E-state index contributed by atoms with van der Waals surface area (Å²) in [6.45, 7) is 4.18. The smallest absolute Gasteiger partial charge is 0.412 e. The molecule has 0 aliphatic carbocycles. The van der Waals surface area contributed by atoms with Gasteiger partial charge in [-0.1, -0.05) is 12.7 Å². The van der Waals surface area contributed by atoms with Crippen LogP contribution in [0.2, 0.25) is 0 Å². The molecule has 1 spiro atoms. The monoisotopic (exact) mass is 253 g/mol. The number of ether oxygens (including phenoxy) is 2. The van der Waals surface area contributed by atoms with Gasteiger partial charge in [-0.3, -0.25) is 4.90 Å². The molecule has 3 fully saturated rings. The van der Waals surface area contributed by atoms with Gasteiger partial charge in [-0.05, 0) is 25.7 Å². The Morgan fingerprint density at radius 2 is 2.44 bits per heavy atom. The summed E-state index contributed by atoms with van der Waals surface area (Å²) in [4.78, 5) is 13.2. The van der Waals surface area contributed by atoms with E-state index in [2.05, 4.69) is 6.58 Å². The van der Waals surface area contributed by atoms with Crippen molar-refractivity contribution in [1.29, 1.82) is 0 Å². The third-order valence-corrected chi connectivity index (χ3v) is 4.50. The molecular weight excluding hydrogens is 234 g/mol. The maximum Gasteiger partial charge on any atom is 0.412 e. The molecule has 18 heavy (non-hydrogen) atoms. The van der Waals surface area contributed by atoms with Crippen LogP contribution in [0.4, 0.5) is 4.79 Å². The van der Waals surface area contributed by atoms with Gasteiger partial charge in [0.1, 0.15) is 12.8 Å². The van der Waals surface area contributed by atoms with E-state index >= 15 is 0 Å². The number of aliphatic hydroxyl groups is 1. The summed E-state index contributed by atoms with van der Waals surface area (Å²) >= 11 is 0. The van der Waals surface area contributed by atoms with Crippen molar-refractivity contribution in [3.63, 3.8) is 0 Å². The van der Waals surface area contributed by atoms with E-state index in [-0.39, 0.29) is 24.2 Å². The second-order valence-electron chi connectivity index (χ2n) is 5.41. The Morgan fingerprint density at radius 1 is 1.61 bits per heavy atom. The molecule has 1 amide bonds. The summed E-state index contributed by atoms with van der Waals surface area (Å²) < 4.78 is 11.0. The number of piperidine rings is 1. The summed E-state index contributed by atoms with van der Waals surface area (Å²) in [6.07, 6.45) is 4.31. The number of carbonyl (C=O) groups excluding carboxylic acids is 1. The first kappa shape index (κ1) is 12.0. The highest BCUT2D eigenvalue weighted by molar-refractivity contribution is 5.68.